The molecule has 1 amide bonds. The van der Waals surface area contributed by atoms with Crippen molar-refractivity contribution < 1.29 is 14.6 Å². The third-order valence-electron chi connectivity index (χ3n) is 6.09. The maximum absolute atomic E-state index is 11.7. The lowest BCUT2D eigenvalue weighted by Gasteiger charge is -2.40. The molecule has 1 aliphatic carbocycles. The summed E-state index contributed by atoms with van der Waals surface area (Å²) in [4.78, 5) is 13.2. The number of nitrogens with one attached hydrogen (secondary N) is 1. The van der Waals surface area contributed by atoms with Crippen LogP contribution in [0.2, 0.25) is 0 Å². The third kappa shape index (κ3) is 4.35. The molecule has 1 aromatic heterocycles. The Morgan fingerprint density at radius 2 is 2.12 bits per heavy atom. The number of likely N-dealkylation sites (tertiary alicyclic amines) is 1. The van der Waals surface area contributed by atoms with Crippen molar-refractivity contribution in [1.29, 1.82) is 0 Å². The number of hydrogen-bond acceptors (Lipinski definition) is 3. The summed E-state index contributed by atoms with van der Waals surface area (Å²) in [6.45, 7) is 5.66. The van der Waals surface area contributed by atoms with E-state index in [1.54, 1.807) is 11.1 Å². The van der Waals surface area contributed by atoms with E-state index in [0.717, 1.165) is 43.2 Å². The molecule has 2 unspecified atom stereocenters. The summed E-state index contributed by atoms with van der Waals surface area (Å²) in [6, 6.07) is 1.81. The van der Waals surface area contributed by atoms with Crippen molar-refractivity contribution in [3.63, 3.8) is 0 Å². The van der Waals surface area contributed by atoms with Gasteiger partial charge in [0.05, 0.1) is 24.4 Å². The smallest absolute Gasteiger partial charge is 0.407 e. The van der Waals surface area contributed by atoms with Crippen LogP contribution >= 0.6 is 0 Å². The van der Waals surface area contributed by atoms with Crippen LogP contribution in [-0.4, -0.2) is 51.6 Å². The number of carboxylic acid groups (broad SMARTS) is 1. The van der Waals surface area contributed by atoms with Gasteiger partial charge in [0.15, 0.2) is 0 Å². The Bertz CT molecular complexity index is 538. The fraction of sp³-hybridized carbons (Fsp3) is 0.789. The lowest BCUT2D eigenvalue weighted by molar-refractivity contribution is -0.0284. The van der Waals surface area contributed by atoms with Crippen LogP contribution in [0.3, 0.4) is 0 Å². The van der Waals surface area contributed by atoms with Crippen LogP contribution in [0, 0.1) is 11.8 Å². The van der Waals surface area contributed by atoms with Crippen LogP contribution < -0.4 is 0 Å². The second kappa shape index (κ2) is 8.21. The minimum atomic E-state index is -0.850. The summed E-state index contributed by atoms with van der Waals surface area (Å²) in [5, 5.41) is 16.8. The zero-order valence-electron chi connectivity index (χ0n) is 15.4. The van der Waals surface area contributed by atoms with Gasteiger partial charge in [0.2, 0.25) is 0 Å². The van der Waals surface area contributed by atoms with E-state index in [0.29, 0.717) is 13.2 Å². The summed E-state index contributed by atoms with van der Waals surface area (Å²) in [5.41, 5.74) is 0.947. The van der Waals surface area contributed by atoms with E-state index in [1.165, 1.54) is 12.8 Å². The van der Waals surface area contributed by atoms with Gasteiger partial charge in [-0.3, -0.25) is 5.10 Å². The Kier molecular flexibility index (Phi) is 5.99. The highest BCUT2D eigenvalue weighted by Gasteiger charge is 2.37. The molecule has 140 valence electrons. The number of amides is 1. The molecule has 2 heterocycles. The zero-order valence-corrected chi connectivity index (χ0v) is 15.4. The SMILES string of the molecule is CC(C)C1CCC(OCC2C(c3cc[nH]n3)CCCN2C(=O)O)CC1. The molecule has 1 aliphatic heterocycles. The summed E-state index contributed by atoms with van der Waals surface area (Å²) < 4.78 is 6.22. The number of piperidine rings is 1. The Labute approximate surface area is 149 Å². The van der Waals surface area contributed by atoms with Gasteiger partial charge in [-0.2, -0.15) is 5.10 Å². The highest BCUT2D eigenvalue weighted by Crippen LogP contribution is 2.34. The standard InChI is InChI=1S/C19H31N3O3/c1-13(2)14-5-7-15(8-6-14)25-12-18-16(17-9-10-20-21-17)4-3-11-22(18)19(23)24/h9-10,13-16,18H,3-8,11-12H2,1-2H3,(H,20,21)(H,23,24). The average molecular weight is 349 g/mol. The van der Waals surface area contributed by atoms with Gasteiger partial charge in [-0.1, -0.05) is 13.8 Å². The van der Waals surface area contributed by atoms with Crippen LogP contribution in [0.15, 0.2) is 12.3 Å². The number of ether oxygens (including phenoxy) is 1. The van der Waals surface area contributed by atoms with Crippen LogP contribution in [0.5, 0.6) is 0 Å². The van der Waals surface area contributed by atoms with Crippen molar-refractivity contribution in [3.05, 3.63) is 18.0 Å². The van der Waals surface area contributed by atoms with Crippen LogP contribution in [0.25, 0.3) is 0 Å². The molecule has 1 saturated carbocycles. The van der Waals surface area contributed by atoms with Crippen molar-refractivity contribution in [2.45, 2.75) is 70.4 Å². The molecule has 0 radical (unpaired) electrons. The molecule has 1 aromatic rings. The number of nitrogens with zero attached hydrogens (tertiary/aromatic N) is 2. The summed E-state index contributed by atoms with van der Waals surface area (Å²) in [6.07, 6.45) is 7.69. The second-order valence-electron chi connectivity index (χ2n) is 7.91. The molecule has 25 heavy (non-hydrogen) atoms. The maximum atomic E-state index is 11.7. The summed E-state index contributed by atoms with van der Waals surface area (Å²) in [5.74, 6) is 1.66. The number of carbonyl (C=O) groups is 1. The van der Waals surface area contributed by atoms with E-state index in [9.17, 15) is 9.90 Å². The summed E-state index contributed by atoms with van der Waals surface area (Å²) in [7, 11) is 0. The highest BCUT2D eigenvalue weighted by atomic mass is 16.5. The van der Waals surface area contributed by atoms with Crippen molar-refractivity contribution in [1.82, 2.24) is 15.1 Å². The Morgan fingerprint density at radius 3 is 2.72 bits per heavy atom. The Hall–Kier alpha value is -1.56. The van der Waals surface area contributed by atoms with E-state index in [1.807, 2.05) is 6.07 Å². The monoisotopic (exact) mass is 349 g/mol. The molecular formula is C19H31N3O3. The van der Waals surface area contributed by atoms with Gasteiger partial charge in [-0.25, -0.2) is 4.79 Å². The number of hydrogen-bond donors (Lipinski definition) is 2. The lowest BCUT2D eigenvalue weighted by Crippen LogP contribution is -2.50. The van der Waals surface area contributed by atoms with Gasteiger partial charge in [0, 0.05) is 18.7 Å². The summed E-state index contributed by atoms with van der Waals surface area (Å²) >= 11 is 0. The van der Waals surface area contributed by atoms with E-state index in [4.69, 9.17) is 4.74 Å². The fourth-order valence-electron chi connectivity index (χ4n) is 4.48. The number of H-pyrrole nitrogens is 1. The molecule has 6 heteroatoms. The minimum Gasteiger partial charge on any atom is -0.465 e. The molecule has 3 rings (SSSR count). The van der Waals surface area contributed by atoms with E-state index >= 15 is 0 Å². The Balaban J connectivity index is 1.61. The third-order valence-corrected chi connectivity index (χ3v) is 6.09. The van der Waals surface area contributed by atoms with E-state index in [2.05, 4.69) is 24.0 Å². The Morgan fingerprint density at radius 1 is 1.36 bits per heavy atom. The first-order chi connectivity index (χ1) is 12.1. The predicted molar refractivity (Wildman–Crippen MR) is 95.6 cm³/mol. The number of aromatic nitrogens is 2. The van der Waals surface area contributed by atoms with Gasteiger partial charge in [-0.05, 0) is 56.4 Å². The quantitative estimate of drug-likeness (QED) is 0.846. The highest BCUT2D eigenvalue weighted by molar-refractivity contribution is 5.65. The number of rotatable bonds is 5. The molecular weight excluding hydrogens is 318 g/mol. The van der Waals surface area contributed by atoms with Gasteiger partial charge in [0.1, 0.15) is 0 Å². The topological polar surface area (TPSA) is 78.5 Å². The van der Waals surface area contributed by atoms with E-state index in [-0.39, 0.29) is 18.1 Å². The average Bonchev–Trinajstić information content (AvgIpc) is 3.14. The molecule has 0 spiro atoms. The van der Waals surface area contributed by atoms with Crippen molar-refractivity contribution in [2.24, 2.45) is 11.8 Å². The van der Waals surface area contributed by atoms with Crippen molar-refractivity contribution >= 4 is 6.09 Å². The van der Waals surface area contributed by atoms with Gasteiger partial charge < -0.3 is 14.7 Å². The lowest BCUT2D eigenvalue weighted by atomic mass is 9.80. The van der Waals surface area contributed by atoms with E-state index < -0.39 is 6.09 Å². The molecule has 2 aliphatic rings. The first-order valence-corrected chi connectivity index (χ1v) is 9.67. The fourth-order valence-corrected chi connectivity index (χ4v) is 4.48. The first kappa shape index (κ1) is 18.2. The van der Waals surface area contributed by atoms with Crippen LogP contribution in [-0.2, 0) is 4.74 Å². The minimum absolute atomic E-state index is 0.114. The van der Waals surface area contributed by atoms with Gasteiger partial charge >= 0.3 is 6.09 Å². The van der Waals surface area contributed by atoms with Crippen molar-refractivity contribution in [2.75, 3.05) is 13.2 Å². The molecule has 2 atom stereocenters. The number of aromatic amines is 1. The predicted octanol–water partition coefficient (Wildman–Crippen LogP) is 3.87. The maximum Gasteiger partial charge on any atom is 0.407 e. The molecule has 1 saturated heterocycles. The normalized spacial score (nSPS) is 30.6. The van der Waals surface area contributed by atoms with Crippen LogP contribution in [0.4, 0.5) is 4.79 Å². The molecule has 0 aromatic carbocycles. The molecule has 2 fully saturated rings. The van der Waals surface area contributed by atoms with Crippen LogP contribution in [0.1, 0.15) is 64.0 Å². The van der Waals surface area contributed by atoms with Gasteiger partial charge in [-0.15, -0.1) is 0 Å². The largest absolute Gasteiger partial charge is 0.465 e. The first-order valence-electron chi connectivity index (χ1n) is 9.67. The van der Waals surface area contributed by atoms with Crippen molar-refractivity contribution in [3.8, 4) is 0 Å². The second-order valence-corrected chi connectivity index (χ2v) is 7.91. The zero-order chi connectivity index (χ0) is 17.8. The molecule has 0 bridgehead atoms. The van der Waals surface area contributed by atoms with Gasteiger partial charge in [0.25, 0.3) is 0 Å². The molecule has 2 N–H and O–H groups in total. The molecule has 6 nitrogen and oxygen atoms in total.